The molecule has 10 heteroatoms. The van der Waals surface area contributed by atoms with E-state index in [1.165, 1.54) is 12.1 Å². The van der Waals surface area contributed by atoms with Crippen molar-refractivity contribution in [3.8, 4) is 5.75 Å². The van der Waals surface area contributed by atoms with Gasteiger partial charge >= 0.3 is 0 Å². The number of nitrogens with zero attached hydrogens (tertiary/aromatic N) is 2. The van der Waals surface area contributed by atoms with Gasteiger partial charge in [-0.3, -0.25) is 13.9 Å². The first-order chi connectivity index (χ1) is 18.3. The summed E-state index contributed by atoms with van der Waals surface area (Å²) < 4.78 is 46.9. The van der Waals surface area contributed by atoms with Gasteiger partial charge in [0.05, 0.1) is 17.2 Å². The van der Waals surface area contributed by atoms with Crippen molar-refractivity contribution in [3.63, 3.8) is 0 Å². The summed E-state index contributed by atoms with van der Waals surface area (Å²) in [6.45, 7) is 3.14. The standard InChI is InChI=1S/C28H30FN3O5S/c1-2-37-25-13-11-24(12-14-25)32(38(35,36)26-15-9-23(29)10-16-26)20-27(33)30-18-21-6-3-4-7-22(21)19-31-17-5-8-28(31)34/h3-4,6-7,9-16H,2,5,8,17-20H2,1H3,(H,30,33). The molecule has 1 saturated heterocycles. The van der Waals surface area contributed by atoms with Gasteiger partial charge in [-0.1, -0.05) is 24.3 Å². The second-order valence-electron chi connectivity index (χ2n) is 8.86. The van der Waals surface area contributed by atoms with Crippen LogP contribution in [0.2, 0.25) is 0 Å². The van der Waals surface area contributed by atoms with Crippen molar-refractivity contribution in [2.24, 2.45) is 0 Å². The van der Waals surface area contributed by atoms with Gasteiger partial charge in [0.2, 0.25) is 11.8 Å². The number of amides is 2. The molecule has 3 aromatic carbocycles. The van der Waals surface area contributed by atoms with E-state index >= 15 is 0 Å². The number of anilines is 1. The molecule has 1 fully saturated rings. The molecular weight excluding hydrogens is 509 g/mol. The number of halogens is 1. The minimum absolute atomic E-state index is 0.112. The third kappa shape index (κ3) is 6.49. The molecule has 0 spiro atoms. The number of rotatable bonds is 11. The van der Waals surface area contributed by atoms with Gasteiger partial charge in [0, 0.05) is 26.1 Å². The second kappa shape index (κ2) is 12.1. The van der Waals surface area contributed by atoms with Crippen molar-refractivity contribution >= 4 is 27.5 Å². The Morgan fingerprint density at radius 1 is 1.03 bits per heavy atom. The van der Waals surface area contributed by atoms with Crippen LogP contribution in [0.5, 0.6) is 5.75 Å². The van der Waals surface area contributed by atoms with E-state index in [1.807, 2.05) is 31.2 Å². The molecule has 0 saturated carbocycles. The average Bonchev–Trinajstić information content (AvgIpc) is 3.31. The zero-order valence-corrected chi connectivity index (χ0v) is 21.9. The van der Waals surface area contributed by atoms with E-state index in [0.717, 1.165) is 34.0 Å². The number of benzene rings is 3. The third-order valence-electron chi connectivity index (χ3n) is 6.25. The average molecular weight is 540 g/mol. The molecular formula is C28H30FN3O5S. The summed E-state index contributed by atoms with van der Waals surface area (Å²) >= 11 is 0. The fraction of sp³-hybridized carbons (Fsp3) is 0.286. The summed E-state index contributed by atoms with van der Waals surface area (Å²) in [5.74, 6) is -0.408. The number of sulfonamides is 1. The van der Waals surface area contributed by atoms with Crippen molar-refractivity contribution in [3.05, 3.63) is 89.7 Å². The molecule has 0 atom stereocenters. The number of nitrogens with one attached hydrogen (secondary N) is 1. The second-order valence-corrected chi connectivity index (χ2v) is 10.7. The van der Waals surface area contributed by atoms with E-state index in [0.29, 0.717) is 31.9 Å². The molecule has 1 N–H and O–H groups in total. The van der Waals surface area contributed by atoms with E-state index in [1.54, 1.807) is 29.2 Å². The number of carbonyl (C=O) groups excluding carboxylic acids is 2. The quantitative estimate of drug-likeness (QED) is 0.399. The van der Waals surface area contributed by atoms with Crippen molar-refractivity contribution in [1.82, 2.24) is 10.2 Å². The number of likely N-dealkylation sites (tertiary alicyclic amines) is 1. The summed E-state index contributed by atoms with van der Waals surface area (Å²) in [5, 5.41) is 2.81. The largest absolute Gasteiger partial charge is 0.494 e. The van der Waals surface area contributed by atoms with Gasteiger partial charge in [-0.2, -0.15) is 0 Å². The highest BCUT2D eigenvalue weighted by Crippen LogP contribution is 2.26. The highest BCUT2D eigenvalue weighted by atomic mass is 32.2. The Morgan fingerprint density at radius 3 is 2.34 bits per heavy atom. The number of carbonyl (C=O) groups is 2. The monoisotopic (exact) mass is 539 g/mol. The predicted octanol–water partition coefficient (Wildman–Crippen LogP) is 3.86. The molecule has 200 valence electrons. The SMILES string of the molecule is CCOc1ccc(N(CC(=O)NCc2ccccc2CN2CCCC2=O)S(=O)(=O)c2ccc(F)cc2)cc1. The first-order valence-electron chi connectivity index (χ1n) is 12.4. The van der Waals surface area contributed by atoms with E-state index < -0.39 is 28.3 Å². The van der Waals surface area contributed by atoms with Crippen LogP contribution < -0.4 is 14.4 Å². The zero-order valence-electron chi connectivity index (χ0n) is 21.1. The molecule has 0 radical (unpaired) electrons. The fourth-order valence-electron chi connectivity index (χ4n) is 4.27. The molecule has 38 heavy (non-hydrogen) atoms. The molecule has 0 aromatic heterocycles. The molecule has 0 bridgehead atoms. The van der Waals surface area contributed by atoms with Crippen molar-refractivity contribution in [2.75, 3.05) is 24.0 Å². The minimum Gasteiger partial charge on any atom is -0.494 e. The van der Waals surface area contributed by atoms with Crippen molar-refractivity contribution < 1.29 is 27.1 Å². The lowest BCUT2D eigenvalue weighted by Gasteiger charge is -2.24. The number of hydrogen-bond donors (Lipinski definition) is 1. The molecule has 1 aliphatic rings. The van der Waals surface area contributed by atoms with Gasteiger partial charge in [0.15, 0.2) is 0 Å². The third-order valence-corrected chi connectivity index (χ3v) is 8.04. The van der Waals surface area contributed by atoms with E-state index in [9.17, 15) is 22.4 Å². The molecule has 8 nitrogen and oxygen atoms in total. The lowest BCUT2D eigenvalue weighted by atomic mass is 10.1. The van der Waals surface area contributed by atoms with Crippen LogP contribution >= 0.6 is 0 Å². The smallest absolute Gasteiger partial charge is 0.264 e. The Morgan fingerprint density at radius 2 is 1.71 bits per heavy atom. The van der Waals surface area contributed by atoms with Crippen LogP contribution in [0.3, 0.4) is 0 Å². The number of ether oxygens (including phenoxy) is 1. The summed E-state index contributed by atoms with van der Waals surface area (Å²) in [4.78, 5) is 26.8. The molecule has 3 aromatic rings. The number of hydrogen-bond acceptors (Lipinski definition) is 5. The Labute approximate surface area is 222 Å². The molecule has 1 aliphatic heterocycles. The van der Waals surface area contributed by atoms with Gasteiger partial charge < -0.3 is 15.0 Å². The normalized spacial score (nSPS) is 13.4. The van der Waals surface area contributed by atoms with Gasteiger partial charge in [-0.05, 0) is 73.0 Å². The summed E-state index contributed by atoms with van der Waals surface area (Å²) in [5.41, 5.74) is 2.03. The Hall–Kier alpha value is -3.92. The Kier molecular flexibility index (Phi) is 8.62. The van der Waals surface area contributed by atoms with Gasteiger partial charge in [0.25, 0.3) is 10.0 Å². The molecule has 4 rings (SSSR count). The summed E-state index contributed by atoms with van der Waals surface area (Å²) in [6.07, 6.45) is 1.38. The van der Waals surface area contributed by atoms with Gasteiger partial charge in [0.1, 0.15) is 18.1 Å². The summed E-state index contributed by atoms with van der Waals surface area (Å²) in [7, 11) is -4.18. The Bertz CT molecular complexity index is 1380. The van der Waals surface area contributed by atoms with E-state index in [4.69, 9.17) is 4.74 Å². The van der Waals surface area contributed by atoms with Crippen molar-refractivity contribution in [1.29, 1.82) is 0 Å². The molecule has 0 unspecified atom stereocenters. The van der Waals surface area contributed by atoms with Gasteiger partial charge in [-0.25, -0.2) is 12.8 Å². The topological polar surface area (TPSA) is 96.0 Å². The van der Waals surface area contributed by atoms with E-state index in [2.05, 4.69) is 5.32 Å². The lowest BCUT2D eigenvalue weighted by molar-refractivity contribution is -0.128. The fourth-order valence-corrected chi connectivity index (χ4v) is 5.69. The molecule has 0 aliphatic carbocycles. The maximum Gasteiger partial charge on any atom is 0.264 e. The van der Waals surface area contributed by atoms with E-state index in [-0.39, 0.29) is 23.0 Å². The van der Waals surface area contributed by atoms with Crippen LogP contribution in [0.1, 0.15) is 30.9 Å². The van der Waals surface area contributed by atoms with Crippen LogP contribution in [-0.4, -0.2) is 44.8 Å². The predicted molar refractivity (Wildman–Crippen MR) is 141 cm³/mol. The maximum absolute atomic E-state index is 13.5. The van der Waals surface area contributed by atoms with Crippen molar-refractivity contribution in [2.45, 2.75) is 37.8 Å². The minimum atomic E-state index is -4.18. The van der Waals surface area contributed by atoms with Gasteiger partial charge in [-0.15, -0.1) is 0 Å². The Balaban J connectivity index is 1.52. The molecule has 1 heterocycles. The zero-order chi connectivity index (χ0) is 27.1. The van der Waals surface area contributed by atoms with Crippen LogP contribution in [0.25, 0.3) is 0 Å². The molecule has 2 amide bonds. The maximum atomic E-state index is 13.5. The van der Waals surface area contributed by atoms with Crippen LogP contribution in [-0.2, 0) is 32.7 Å². The summed E-state index contributed by atoms with van der Waals surface area (Å²) in [6, 6.07) is 18.3. The first-order valence-corrected chi connectivity index (χ1v) is 13.8. The van der Waals surface area contributed by atoms with Crippen LogP contribution in [0, 0.1) is 5.82 Å². The lowest BCUT2D eigenvalue weighted by Crippen LogP contribution is -2.40. The highest BCUT2D eigenvalue weighted by molar-refractivity contribution is 7.92. The van der Waals surface area contributed by atoms with Crippen LogP contribution in [0.15, 0.2) is 77.7 Å². The first kappa shape index (κ1) is 27.1. The highest BCUT2D eigenvalue weighted by Gasteiger charge is 2.27. The van der Waals surface area contributed by atoms with Crippen LogP contribution in [0.4, 0.5) is 10.1 Å².